The van der Waals surface area contributed by atoms with Crippen molar-refractivity contribution in [3.63, 3.8) is 0 Å². The number of nitrogens with two attached hydrogens (primary N) is 1. The number of rotatable bonds is 9. The first-order valence-electron chi connectivity index (χ1n) is 11.7. The van der Waals surface area contributed by atoms with E-state index in [0.29, 0.717) is 39.8 Å². The molecule has 192 valence electrons. The summed E-state index contributed by atoms with van der Waals surface area (Å²) >= 11 is 1.22. The first-order chi connectivity index (χ1) is 17.8. The highest BCUT2D eigenvalue weighted by atomic mass is 32.1. The number of fused-ring (bicyclic) bond motifs is 1. The Hall–Kier alpha value is -4.09. The molecule has 9 nitrogen and oxygen atoms in total. The fraction of sp³-hybridized carbons (Fsp3) is 0.231. The van der Waals surface area contributed by atoms with E-state index >= 15 is 0 Å². The predicted molar refractivity (Wildman–Crippen MR) is 145 cm³/mol. The van der Waals surface area contributed by atoms with Crippen molar-refractivity contribution in [1.29, 1.82) is 0 Å². The van der Waals surface area contributed by atoms with E-state index in [-0.39, 0.29) is 23.4 Å². The molecule has 0 aliphatic rings. The Morgan fingerprint density at radius 1 is 1.05 bits per heavy atom. The van der Waals surface area contributed by atoms with Crippen LogP contribution in [0.4, 0.5) is 25.7 Å². The summed E-state index contributed by atoms with van der Waals surface area (Å²) in [5, 5.41) is 5.98. The van der Waals surface area contributed by atoms with Gasteiger partial charge in [0.05, 0.1) is 21.6 Å². The third-order valence-corrected chi connectivity index (χ3v) is 6.46. The number of para-hydroxylation sites is 2. The Morgan fingerprint density at radius 2 is 1.86 bits per heavy atom. The lowest BCUT2D eigenvalue weighted by molar-refractivity contribution is 0.102. The highest BCUT2D eigenvalue weighted by molar-refractivity contribution is 7.22. The first-order valence-corrected chi connectivity index (χ1v) is 12.5. The second-order valence-corrected chi connectivity index (χ2v) is 9.76. The van der Waals surface area contributed by atoms with Crippen molar-refractivity contribution in [1.82, 2.24) is 19.8 Å². The molecule has 2 aromatic heterocycles. The summed E-state index contributed by atoms with van der Waals surface area (Å²) in [4.78, 5) is 38.1. The number of halogens is 1. The Kier molecular flexibility index (Phi) is 8.26. The van der Waals surface area contributed by atoms with Crippen molar-refractivity contribution in [3.8, 4) is 0 Å². The molecular weight excluding hydrogens is 493 g/mol. The highest BCUT2D eigenvalue weighted by Gasteiger charge is 2.17. The minimum atomic E-state index is -0.377. The Labute approximate surface area is 218 Å². The van der Waals surface area contributed by atoms with Crippen LogP contribution in [0.2, 0.25) is 0 Å². The highest BCUT2D eigenvalue weighted by Crippen LogP contribution is 2.27. The van der Waals surface area contributed by atoms with Crippen LogP contribution in [-0.4, -0.2) is 58.9 Å². The van der Waals surface area contributed by atoms with Crippen molar-refractivity contribution < 1.29 is 14.0 Å². The molecule has 4 rings (SSSR count). The van der Waals surface area contributed by atoms with Gasteiger partial charge in [0.1, 0.15) is 11.5 Å². The lowest BCUT2D eigenvalue weighted by Gasteiger charge is -2.23. The van der Waals surface area contributed by atoms with Gasteiger partial charge in [0.25, 0.3) is 5.91 Å². The molecule has 0 saturated heterocycles. The standard InChI is InChI=1S/C26H28FN7O2S/c1-33(2)12-5-13-34(26(36)32-25-31-21-11-9-18(27)14-23(21)37-25)16-17-8-10-22(29-15-17)24(35)30-20-7-4-3-6-19(20)28/h3-4,6-11,14-15H,5,12-13,16,28H2,1-2H3,(H,30,35)(H,31,32,36). The van der Waals surface area contributed by atoms with Crippen LogP contribution in [0.15, 0.2) is 60.8 Å². The van der Waals surface area contributed by atoms with E-state index in [1.165, 1.54) is 23.5 Å². The number of aromatic nitrogens is 2. The summed E-state index contributed by atoms with van der Waals surface area (Å²) < 4.78 is 14.2. The Morgan fingerprint density at radius 3 is 2.59 bits per heavy atom. The summed E-state index contributed by atoms with van der Waals surface area (Å²) in [6.45, 7) is 1.60. The number of carbonyl (C=O) groups excluding carboxylic acids is 2. The quantitative estimate of drug-likeness (QED) is 0.276. The van der Waals surface area contributed by atoms with E-state index in [2.05, 4.69) is 20.6 Å². The smallest absolute Gasteiger partial charge is 0.323 e. The number of nitrogens with one attached hydrogen (secondary N) is 2. The number of urea groups is 1. The van der Waals surface area contributed by atoms with Gasteiger partial charge < -0.3 is 20.9 Å². The van der Waals surface area contributed by atoms with E-state index in [1.54, 1.807) is 53.6 Å². The molecule has 0 spiro atoms. The van der Waals surface area contributed by atoms with E-state index in [0.717, 1.165) is 18.5 Å². The second-order valence-electron chi connectivity index (χ2n) is 8.73. The number of amides is 3. The number of hydrogen-bond acceptors (Lipinski definition) is 7. The van der Waals surface area contributed by atoms with Crippen LogP contribution in [0.25, 0.3) is 10.2 Å². The molecule has 0 radical (unpaired) electrons. The van der Waals surface area contributed by atoms with Crippen molar-refractivity contribution in [3.05, 3.63) is 77.9 Å². The van der Waals surface area contributed by atoms with E-state index < -0.39 is 0 Å². The second kappa shape index (κ2) is 11.8. The third-order valence-electron chi connectivity index (χ3n) is 5.52. The van der Waals surface area contributed by atoms with Gasteiger partial charge in [-0.1, -0.05) is 29.5 Å². The number of nitrogen functional groups attached to an aromatic ring is 1. The van der Waals surface area contributed by atoms with E-state index in [1.807, 2.05) is 19.0 Å². The molecular formula is C26H28FN7O2S. The van der Waals surface area contributed by atoms with Gasteiger partial charge in [0.2, 0.25) is 0 Å². The zero-order valence-electron chi connectivity index (χ0n) is 20.6. The van der Waals surface area contributed by atoms with Gasteiger partial charge in [-0.25, -0.2) is 14.2 Å². The van der Waals surface area contributed by atoms with Gasteiger partial charge in [0, 0.05) is 19.3 Å². The molecule has 2 aromatic carbocycles. The molecule has 0 unspecified atom stereocenters. The zero-order valence-corrected chi connectivity index (χ0v) is 21.4. The molecule has 2 heterocycles. The summed E-state index contributed by atoms with van der Waals surface area (Å²) in [5.41, 5.74) is 8.49. The molecule has 0 atom stereocenters. The van der Waals surface area contributed by atoms with Crippen LogP contribution in [-0.2, 0) is 6.54 Å². The number of hydrogen-bond donors (Lipinski definition) is 3. The summed E-state index contributed by atoms with van der Waals surface area (Å²) in [7, 11) is 3.95. The fourth-order valence-corrected chi connectivity index (χ4v) is 4.50. The van der Waals surface area contributed by atoms with Gasteiger partial charge in [0.15, 0.2) is 5.13 Å². The minimum absolute atomic E-state index is 0.234. The molecule has 0 fully saturated rings. The number of thiazole rings is 1. The molecule has 0 bridgehead atoms. The molecule has 11 heteroatoms. The molecule has 37 heavy (non-hydrogen) atoms. The number of benzene rings is 2. The lowest BCUT2D eigenvalue weighted by Crippen LogP contribution is -2.36. The van der Waals surface area contributed by atoms with Crippen LogP contribution < -0.4 is 16.4 Å². The van der Waals surface area contributed by atoms with Crippen LogP contribution in [0.1, 0.15) is 22.5 Å². The Bertz CT molecular complexity index is 1390. The number of anilines is 3. The van der Waals surface area contributed by atoms with Crippen LogP contribution in [0.3, 0.4) is 0 Å². The van der Waals surface area contributed by atoms with E-state index in [4.69, 9.17) is 5.73 Å². The molecule has 0 aliphatic heterocycles. The lowest BCUT2D eigenvalue weighted by atomic mass is 10.2. The van der Waals surface area contributed by atoms with Crippen LogP contribution >= 0.6 is 11.3 Å². The monoisotopic (exact) mass is 521 g/mol. The summed E-state index contributed by atoms with van der Waals surface area (Å²) in [5.74, 6) is -0.728. The Balaban J connectivity index is 1.44. The molecule has 0 aliphatic carbocycles. The van der Waals surface area contributed by atoms with Gasteiger partial charge in [-0.05, 0) is 69.0 Å². The largest absolute Gasteiger partial charge is 0.397 e. The number of pyridine rings is 1. The molecule has 4 aromatic rings. The average molecular weight is 522 g/mol. The number of carbonyl (C=O) groups is 2. The van der Waals surface area contributed by atoms with Gasteiger partial charge >= 0.3 is 6.03 Å². The molecule has 3 amide bonds. The van der Waals surface area contributed by atoms with Crippen molar-refractivity contribution in [2.45, 2.75) is 13.0 Å². The maximum atomic E-state index is 13.5. The number of nitrogens with zero attached hydrogens (tertiary/aromatic N) is 4. The minimum Gasteiger partial charge on any atom is -0.397 e. The molecule has 4 N–H and O–H groups in total. The van der Waals surface area contributed by atoms with Crippen molar-refractivity contribution >= 4 is 50.0 Å². The first kappa shape index (κ1) is 26.0. The maximum Gasteiger partial charge on any atom is 0.323 e. The zero-order chi connectivity index (χ0) is 26.4. The van der Waals surface area contributed by atoms with Crippen LogP contribution in [0, 0.1) is 5.82 Å². The summed E-state index contributed by atoms with van der Waals surface area (Å²) in [6.07, 6.45) is 2.34. The van der Waals surface area contributed by atoms with Gasteiger partial charge in [-0.15, -0.1) is 0 Å². The fourth-order valence-electron chi connectivity index (χ4n) is 3.62. The SMILES string of the molecule is CN(C)CCCN(Cc1ccc(C(=O)Nc2ccccc2N)nc1)C(=O)Nc1nc2ccc(F)cc2s1. The topological polar surface area (TPSA) is 116 Å². The van der Waals surface area contributed by atoms with Gasteiger partial charge in [-0.2, -0.15) is 0 Å². The van der Waals surface area contributed by atoms with Crippen molar-refractivity contribution in [2.75, 3.05) is 43.6 Å². The normalized spacial score (nSPS) is 11.0. The van der Waals surface area contributed by atoms with Crippen LogP contribution in [0.5, 0.6) is 0 Å². The molecule has 0 saturated carbocycles. The third kappa shape index (κ3) is 6.99. The van der Waals surface area contributed by atoms with Crippen molar-refractivity contribution in [2.24, 2.45) is 0 Å². The maximum absolute atomic E-state index is 13.5. The average Bonchev–Trinajstić information content (AvgIpc) is 3.26. The van der Waals surface area contributed by atoms with Gasteiger partial charge in [-0.3, -0.25) is 15.1 Å². The summed E-state index contributed by atoms with van der Waals surface area (Å²) in [6, 6.07) is 14.4. The predicted octanol–water partition coefficient (Wildman–Crippen LogP) is 4.65. The van der Waals surface area contributed by atoms with E-state index in [9.17, 15) is 14.0 Å².